The molecule has 0 unspecified atom stereocenters. The number of ketones is 1. The third-order valence-electron chi connectivity index (χ3n) is 3.40. The van der Waals surface area contributed by atoms with E-state index in [0.717, 1.165) is 6.54 Å². The second-order valence-electron chi connectivity index (χ2n) is 4.98. The van der Waals surface area contributed by atoms with Gasteiger partial charge in [0, 0.05) is 13.0 Å². The van der Waals surface area contributed by atoms with E-state index in [1.54, 1.807) is 6.92 Å². The highest BCUT2D eigenvalue weighted by Crippen LogP contribution is 2.16. The van der Waals surface area contributed by atoms with Gasteiger partial charge < -0.3 is 0 Å². The topological polar surface area (TPSA) is 20.3 Å². The number of carbonyl (C=O) groups excluding carboxylic acids is 1. The van der Waals surface area contributed by atoms with Gasteiger partial charge >= 0.3 is 0 Å². The van der Waals surface area contributed by atoms with Crippen LogP contribution < -0.4 is 0 Å². The molecule has 120 valence electrons. The Morgan fingerprint density at radius 1 is 0.952 bits per heavy atom. The minimum Gasteiger partial charge on any atom is -0.300 e. The Hall–Kier alpha value is -1.15. The molecule has 1 heterocycles. The maximum atomic E-state index is 11.2. The van der Waals surface area contributed by atoms with E-state index in [1.165, 1.54) is 43.5 Å². The van der Waals surface area contributed by atoms with Crippen LogP contribution in [0.25, 0.3) is 0 Å². The smallest absolute Gasteiger partial charge is 0.134 e. The lowest BCUT2D eigenvalue weighted by Crippen LogP contribution is -2.29. The van der Waals surface area contributed by atoms with Crippen molar-refractivity contribution >= 4 is 5.78 Å². The molecule has 0 N–H and O–H groups in total. The SMILES string of the molecule is CC.CC.CC(=O)Cc1ccccc1CN1CCCCC1. The van der Waals surface area contributed by atoms with Crippen molar-refractivity contribution in [1.82, 2.24) is 4.90 Å². The number of Topliss-reactive ketones (excluding diaryl/α,β-unsaturated/α-hetero) is 1. The van der Waals surface area contributed by atoms with Crippen LogP contribution in [0.15, 0.2) is 24.3 Å². The molecule has 0 radical (unpaired) electrons. The molecule has 2 nitrogen and oxygen atoms in total. The van der Waals surface area contributed by atoms with Crippen molar-refractivity contribution in [1.29, 1.82) is 0 Å². The number of hydrogen-bond donors (Lipinski definition) is 0. The van der Waals surface area contributed by atoms with Crippen LogP contribution in [-0.4, -0.2) is 23.8 Å². The van der Waals surface area contributed by atoms with E-state index in [2.05, 4.69) is 23.1 Å². The largest absolute Gasteiger partial charge is 0.300 e. The van der Waals surface area contributed by atoms with E-state index in [0.29, 0.717) is 6.42 Å². The molecule has 0 bridgehead atoms. The molecule has 0 aliphatic carbocycles. The third kappa shape index (κ3) is 8.01. The van der Waals surface area contributed by atoms with Crippen molar-refractivity contribution in [2.75, 3.05) is 13.1 Å². The van der Waals surface area contributed by atoms with Gasteiger partial charge in [-0.2, -0.15) is 0 Å². The van der Waals surface area contributed by atoms with Crippen molar-refractivity contribution in [3.63, 3.8) is 0 Å². The van der Waals surface area contributed by atoms with Gasteiger partial charge in [0.05, 0.1) is 0 Å². The molecule has 1 aromatic carbocycles. The molecule has 0 amide bonds. The van der Waals surface area contributed by atoms with E-state index < -0.39 is 0 Å². The molecule has 1 saturated heterocycles. The first-order chi connectivity index (χ1) is 10.3. The molecule has 2 heteroatoms. The second kappa shape index (κ2) is 12.6. The average Bonchev–Trinajstić information content (AvgIpc) is 2.54. The predicted octanol–water partition coefficient (Wildman–Crippen LogP) is 4.86. The summed E-state index contributed by atoms with van der Waals surface area (Å²) in [5.41, 5.74) is 2.52. The van der Waals surface area contributed by atoms with E-state index >= 15 is 0 Å². The highest BCUT2D eigenvalue weighted by Gasteiger charge is 2.12. The Kier molecular flexibility index (Phi) is 11.9. The Morgan fingerprint density at radius 2 is 1.48 bits per heavy atom. The number of carbonyl (C=O) groups is 1. The van der Waals surface area contributed by atoms with Crippen LogP contribution in [0.3, 0.4) is 0 Å². The summed E-state index contributed by atoms with van der Waals surface area (Å²) >= 11 is 0. The van der Waals surface area contributed by atoms with Gasteiger partial charge in [-0.3, -0.25) is 9.69 Å². The highest BCUT2D eigenvalue weighted by molar-refractivity contribution is 5.78. The number of benzene rings is 1. The van der Waals surface area contributed by atoms with Gasteiger partial charge in [0.1, 0.15) is 5.78 Å². The number of nitrogens with zero attached hydrogens (tertiary/aromatic N) is 1. The van der Waals surface area contributed by atoms with Gasteiger partial charge in [-0.15, -0.1) is 0 Å². The van der Waals surface area contributed by atoms with Crippen LogP contribution in [0.1, 0.15) is 65.0 Å². The Morgan fingerprint density at radius 3 is 2.00 bits per heavy atom. The zero-order valence-electron chi connectivity index (χ0n) is 14.6. The lowest BCUT2D eigenvalue weighted by Gasteiger charge is -2.27. The van der Waals surface area contributed by atoms with Gasteiger partial charge in [-0.25, -0.2) is 0 Å². The molecular formula is C19H33NO. The quantitative estimate of drug-likeness (QED) is 0.790. The van der Waals surface area contributed by atoms with Crippen LogP contribution >= 0.6 is 0 Å². The fourth-order valence-corrected chi connectivity index (χ4v) is 2.51. The molecule has 0 spiro atoms. The van der Waals surface area contributed by atoms with Crippen molar-refractivity contribution < 1.29 is 4.79 Å². The molecule has 1 aliphatic heterocycles. The fraction of sp³-hybridized carbons (Fsp3) is 0.632. The standard InChI is InChI=1S/C15H21NO.2C2H6/c1-13(17)11-14-7-3-4-8-15(14)12-16-9-5-2-6-10-16;2*1-2/h3-4,7-8H,2,5-6,9-12H2,1H3;2*1-2H3. The van der Waals surface area contributed by atoms with Crippen LogP contribution in [-0.2, 0) is 17.8 Å². The molecule has 21 heavy (non-hydrogen) atoms. The van der Waals surface area contributed by atoms with Gasteiger partial charge in [-0.05, 0) is 44.0 Å². The van der Waals surface area contributed by atoms with Crippen LogP contribution in [0.2, 0.25) is 0 Å². The molecular weight excluding hydrogens is 258 g/mol. The number of hydrogen-bond acceptors (Lipinski definition) is 2. The van der Waals surface area contributed by atoms with Crippen molar-refractivity contribution in [2.24, 2.45) is 0 Å². The molecule has 1 aromatic rings. The van der Waals surface area contributed by atoms with E-state index in [-0.39, 0.29) is 5.78 Å². The molecule has 0 aromatic heterocycles. The molecule has 1 fully saturated rings. The molecule has 1 aliphatic rings. The summed E-state index contributed by atoms with van der Waals surface area (Å²) in [6, 6.07) is 8.34. The highest BCUT2D eigenvalue weighted by atomic mass is 16.1. The summed E-state index contributed by atoms with van der Waals surface area (Å²) in [4.78, 5) is 13.7. The lowest BCUT2D eigenvalue weighted by atomic mass is 10.0. The van der Waals surface area contributed by atoms with E-state index in [9.17, 15) is 4.79 Å². The monoisotopic (exact) mass is 291 g/mol. The molecule has 2 rings (SSSR count). The van der Waals surface area contributed by atoms with Gasteiger partial charge in [-0.1, -0.05) is 58.4 Å². The maximum Gasteiger partial charge on any atom is 0.134 e. The number of likely N-dealkylation sites (tertiary alicyclic amines) is 1. The second-order valence-corrected chi connectivity index (χ2v) is 4.98. The molecule has 0 atom stereocenters. The zero-order chi connectivity index (χ0) is 16.1. The van der Waals surface area contributed by atoms with E-state index in [4.69, 9.17) is 0 Å². The third-order valence-corrected chi connectivity index (χ3v) is 3.40. The maximum absolute atomic E-state index is 11.2. The number of rotatable bonds is 4. The number of piperidine rings is 1. The summed E-state index contributed by atoms with van der Waals surface area (Å²) < 4.78 is 0. The zero-order valence-corrected chi connectivity index (χ0v) is 14.6. The summed E-state index contributed by atoms with van der Waals surface area (Å²) in [5.74, 6) is 0.246. The van der Waals surface area contributed by atoms with Gasteiger partial charge in [0.25, 0.3) is 0 Å². The first kappa shape index (κ1) is 19.9. The van der Waals surface area contributed by atoms with Crippen LogP contribution in [0.5, 0.6) is 0 Å². The Bertz CT molecular complexity index is 381. The van der Waals surface area contributed by atoms with Crippen molar-refractivity contribution in [2.45, 2.75) is 66.8 Å². The minimum absolute atomic E-state index is 0.246. The normalized spacial score (nSPS) is 14.3. The minimum atomic E-state index is 0.246. The summed E-state index contributed by atoms with van der Waals surface area (Å²) in [6.45, 7) is 13.1. The Labute approximate surface area is 131 Å². The van der Waals surface area contributed by atoms with Crippen LogP contribution in [0.4, 0.5) is 0 Å². The van der Waals surface area contributed by atoms with Crippen molar-refractivity contribution in [3.8, 4) is 0 Å². The van der Waals surface area contributed by atoms with Crippen molar-refractivity contribution in [3.05, 3.63) is 35.4 Å². The Balaban J connectivity index is 0.000000921. The summed E-state index contributed by atoms with van der Waals surface area (Å²) in [5, 5.41) is 0. The molecule has 0 saturated carbocycles. The van der Waals surface area contributed by atoms with E-state index in [1.807, 2.05) is 33.8 Å². The average molecular weight is 291 g/mol. The van der Waals surface area contributed by atoms with Crippen LogP contribution in [0, 0.1) is 0 Å². The summed E-state index contributed by atoms with van der Waals surface area (Å²) in [7, 11) is 0. The first-order valence-corrected chi connectivity index (χ1v) is 8.54. The fourth-order valence-electron chi connectivity index (χ4n) is 2.51. The first-order valence-electron chi connectivity index (χ1n) is 8.54. The van der Waals surface area contributed by atoms with Gasteiger partial charge in [0.2, 0.25) is 0 Å². The predicted molar refractivity (Wildman–Crippen MR) is 92.7 cm³/mol. The van der Waals surface area contributed by atoms with Gasteiger partial charge in [0.15, 0.2) is 0 Å². The summed E-state index contributed by atoms with van der Waals surface area (Å²) in [6.07, 6.45) is 4.57. The lowest BCUT2D eigenvalue weighted by molar-refractivity contribution is -0.116.